The first-order valence-corrected chi connectivity index (χ1v) is 6.94. The molecule has 1 unspecified atom stereocenters. The number of carbonyl (C=O) groups excluding carboxylic acids is 1. The van der Waals surface area contributed by atoms with Crippen LogP contribution in [0.25, 0.3) is 0 Å². The maximum atomic E-state index is 12.6. The van der Waals surface area contributed by atoms with Crippen molar-refractivity contribution in [2.24, 2.45) is 11.8 Å². The van der Waals surface area contributed by atoms with Crippen molar-refractivity contribution in [3.05, 3.63) is 17.2 Å². The van der Waals surface area contributed by atoms with E-state index in [1.807, 2.05) is 6.92 Å². The summed E-state index contributed by atoms with van der Waals surface area (Å²) in [7, 11) is 1.40. The normalized spacial score (nSPS) is 36.5. The lowest BCUT2D eigenvalue weighted by atomic mass is 9.71. The van der Waals surface area contributed by atoms with E-state index in [9.17, 15) is 15.0 Å². The summed E-state index contributed by atoms with van der Waals surface area (Å²) in [6, 6.07) is 1.26. The Morgan fingerprint density at radius 1 is 1.43 bits per heavy atom. The van der Waals surface area contributed by atoms with Crippen LogP contribution in [0.3, 0.4) is 0 Å². The molecule has 2 saturated heterocycles. The average molecular weight is 292 g/mol. The SMILES string of the molecule is COc1cc(O)c2c(c1O)C1O[C@]3(C)C[C@H]1[C@@H](CO3)C2=O. The maximum absolute atomic E-state index is 12.6. The van der Waals surface area contributed by atoms with Crippen LogP contribution in [0.1, 0.15) is 35.4 Å². The maximum Gasteiger partial charge on any atom is 0.172 e. The molecule has 0 radical (unpaired) electrons. The highest BCUT2D eigenvalue weighted by Gasteiger charge is 2.58. The molecule has 0 saturated carbocycles. The van der Waals surface area contributed by atoms with E-state index >= 15 is 0 Å². The zero-order valence-corrected chi connectivity index (χ0v) is 11.8. The van der Waals surface area contributed by atoms with Gasteiger partial charge in [0.2, 0.25) is 0 Å². The van der Waals surface area contributed by atoms with E-state index < -0.39 is 11.9 Å². The number of benzene rings is 1. The molecule has 2 heterocycles. The summed E-state index contributed by atoms with van der Waals surface area (Å²) >= 11 is 0. The molecule has 4 atom stereocenters. The number of Topliss-reactive ketones (excluding diaryl/α,β-unsaturated/α-hetero) is 1. The molecular weight excluding hydrogens is 276 g/mol. The van der Waals surface area contributed by atoms with Crippen LogP contribution in [0.4, 0.5) is 0 Å². The molecule has 2 aliphatic heterocycles. The number of ketones is 1. The fraction of sp³-hybridized carbons (Fsp3) is 0.533. The van der Waals surface area contributed by atoms with Gasteiger partial charge in [0.25, 0.3) is 0 Å². The van der Waals surface area contributed by atoms with Crippen molar-refractivity contribution >= 4 is 5.78 Å². The lowest BCUT2D eigenvalue weighted by molar-refractivity contribution is -0.216. The first-order valence-electron chi connectivity index (χ1n) is 6.94. The van der Waals surface area contributed by atoms with Gasteiger partial charge < -0.3 is 24.4 Å². The van der Waals surface area contributed by atoms with Crippen LogP contribution in [0.2, 0.25) is 0 Å². The van der Waals surface area contributed by atoms with Gasteiger partial charge in [-0.2, -0.15) is 0 Å². The number of phenols is 2. The molecule has 6 heteroatoms. The third kappa shape index (κ3) is 1.51. The van der Waals surface area contributed by atoms with Crippen molar-refractivity contribution in [2.45, 2.75) is 25.2 Å². The third-order valence-electron chi connectivity index (χ3n) is 4.83. The topological polar surface area (TPSA) is 85.2 Å². The lowest BCUT2D eigenvalue weighted by Gasteiger charge is -2.35. The number of carbonyl (C=O) groups is 1. The van der Waals surface area contributed by atoms with Crippen LogP contribution >= 0.6 is 0 Å². The molecule has 2 bridgehead atoms. The minimum Gasteiger partial charge on any atom is -0.507 e. The van der Waals surface area contributed by atoms with E-state index in [1.54, 1.807) is 0 Å². The van der Waals surface area contributed by atoms with Crippen molar-refractivity contribution in [2.75, 3.05) is 13.7 Å². The number of methoxy groups -OCH3 is 1. The Morgan fingerprint density at radius 3 is 2.90 bits per heavy atom. The van der Waals surface area contributed by atoms with Crippen LogP contribution in [0.5, 0.6) is 17.2 Å². The van der Waals surface area contributed by atoms with Gasteiger partial charge >= 0.3 is 0 Å². The molecule has 21 heavy (non-hydrogen) atoms. The second kappa shape index (κ2) is 3.90. The molecule has 6 nitrogen and oxygen atoms in total. The van der Waals surface area contributed by atoms with E-state index in [4.69, 9.17) is 14.2 Å². The minimum atomic E-state index is -0.737. The average Bonchev–Trinajstić information content (AvgIpc) is 2.74. The Hall–Kier alpha value is -1.79. The highest BCUT2D eigenvalue weighted by Crippen LogP contribution is 2.59. The van der Waals surface area contributed by atoms with E-state index in [1.165, 1.54) is 13.2 Å². The van der Waals surface area contributed by atoms with Crippen molar-refractivity contribution in [3.8, 4) is 17.2 Å². The Bertz CT molecular complexity index is 654. The molecule has 0 amide bonds. The molecule has 4 rings (SSSR count). The number of ether oxygens (including phenoxy) is 3. The van der Waals surface area contributed by atoms with Gasteiger partial charge in [0.1, 0.15) is 5.75 Å². The largest absolute Gasteiger partial charge is 0.507 e. The van der Waals surface area contributed by atoms with Crippen molar-refractivity contribution < 1.29 is 29.2 Å². The van der Waals surface area contributed by atoms with Crippen molar-refractivity contribution in [1.29, 1.82) is 0 Å². The Labute approximate surface area is 121 Å². The van der Waals surface area contributed by atoms with Gasteiger partial charge in [0.05, 0.1) is 31.3 Å². The second-order valence-corrected chi connectivity index (χ2v) is 6.06. The zero-order chi connectivity index (χ0) is 14.9. The van der Waals surface area contributed by atoms with E-state index in [0.29, 0.717) is 12.0 Å². The monoisotopic (exact) mass is 292 g/mol. The van der Waals surface area contributed by atoms with Crippen molar-refractivity contribution in [1.82, 2.24) is 0 Å². The summed E-state index contributed by atoms with van der Waals surface area (Å²) in [5.74, 6) is -1.51. The Kier molecular flexibility index (Phi) is 2.40. The number of hydrogen-bond donors (Lipinski definition) is 2. The zero-order valence-electron chi connectivity index (χ0n) is 11.8. The highest BCUT2D eigenvalue weighted by atomic mass is 16.7. The first kappa shape index (κ1) is 12.9. The summed E-state index contributed by atoms with van der Waals surface area (Å²) in [4.78, 5) is 12.6. The number of rotatable bonds is 1. The van der Waals surface area contributed by atoms with E-state index in [-0.39, 0.29) is 47.0 Å². The quantitative estimate of drug-likeness (QED) is 0.767. The molecule has 1 aromatic carbocycles. The van der Waals surface area contributed by atoms with Crippen molar-refractivity contribution in [3.63, 3.8) is 0 Å². The van der Waals surface area contributed by atoms with Gasteiger partial charge in [-0.05, 0) is 6.92 Å². The van der Waals surface area contributed by atoms with Crippen LogP contribution in [0.15, 0.2) is 6.07 Å². The molecule has 0 aromatic heterocycles. The molecule has 2 fully saturated rings. The van der Waals surface area contributed by atoms with Gasteiger partial charge in [0, 0.05) is 24.0 Å². The molecule has 1 aliphatic carbocycles. The second-order valence-electron chi connectivity index (χ2n) is 6.06. The predicted molar refractivity (Wildman–Crippen MR) is 70.4 cm³/mol. The third-order valence-corrected chi connectivity index (χ3v) is 4.83. The molecule has 3 aliphatic rings. The fourth-order valence-electron chi connectivity index (χ4n) is 3.85. The molecular formula is C15H16O6. The molecule has 0 spiro atoms. The number of aromatic hydroxyl groups is 2. The summed E-state index contributed by atoms with van der Waals surface area (Å²) < 4.78 is 16.7. The number of phenolic OH excluding ortho intramolecular Hbond substituents is 2. The van der Waals surface area contributed by atoms with Gasteiger partial charge in [0.15, 0.2) is 23.1 Å². The standard InChI is InChI=1S/C15H16O6/c1-15-4-6-7(5-20-15)12(17)10-8(16)3-9(19-2)13(18)11(10)14(6)21-15/h3,6-7,14,16,18H,4-5H2,1-2H3/t6-,7+,14?,15+/m0/s1. The predicted octanol–water partition coefficient (Wildman–Crippen LogP) is 1.74. The van der Waals surface area contributed by atoms with E-state index in [2.05, 4.69) is 0 Å². The summed E-state index contributed by atoms with van der Waals surface area (Å²) in [6.45, 7) is 2.12. The molecule has 1 aromatic rings. The van der Waals surface area contributed by atoms with Crippen LogP contribution in [-0.2, 0) is 9.47 Å². The van der Waals surface area contributed by atoms with E-state index in [0.717, 1.165) is 0 Å². The number of hydrogen-bond acceptors (Lipinski definition) is 6. The van der Waals surface area contributed by atoms with Crippen LogP contribution in [-0.4, -0.2) is 35.5 Å². The first-order chi connectivity index (χ1) is 9.95. The number of fused-ring (bicyclic) bond motifs is 3. The van der Waals surface area contributed by atoms with Crippen LogP contribution < -0.4 is 4.74 Å². The fourth-order valence-corrected chi connectivity index (χ4v) is 3.85. The Balaban J connectivity index is 1.98. The Morgan fingerprint density at radius 2 is 2.19 bits per heavy atom. The van der Waals surface area contributed by atoms with Gasteiger partial charge in [-0.15, -0.1) is 0 Å². The highest BCUT2D eigenvalue weighted by molar-refractivity contribution is 6.04. The van der Waals surface area contributed by atoms with Gasteiger partial charge in [-0.1, -0.05) is 0 Å². The minimum absolute atomic E-state index is 0.0406. The molecule has 112 valence electrons. The van der Waals surface area contributed by atoms with Crippen LogP contribution in [0, 0.1) is 11.8 Å². The smallest absolute Gasteiger partial charge is 0.172 e. The molecule has 2 N–H and O–H groups in total. The van der Waals surface area contributed by atoms with Gasteiger partial charge in [-0.3, -0.25) is 4.79 Å². The summed E-state index contributed by atoms with van der Waals surface area (Å²) in [5.41, 5.74) is 0.460. The lowest BCUT2D eigenvalue weighted by Crippen LogP contribution is -2.41. The summed E-state index contributed by atoms with van der Waals surface area (Å²) in [5, 5.41) is 20.6. The van der Waals surface area contributed by atoms with Gasteiger partial charge in [-0.25, -0.2) is 0 Å². The summed E-state index contributed by atoms with van der Waals surface area (Å²) in [6.07, 6.45) is 0.140.